The third kappa shape index (κ3) is 5.61. The van der Waals surface area contributed by atoms with Gasteiger partial charge < -0.3 is 15.6 Å². The van der Waals surface area contributed by atoms with E-state index < -0.39 is 11.6 Å². The van der Waals surface area contributed by atoms with Crippen LogP contribution in [0.1, 0.15) is 60.6 Å². The first kappa shape index (κ1) is 23.3. The van der Waals surface area contributed by atoms with Gasteiger partial charge in [-0.15, -0.1) is 11.3 Å². The molecule has 1 aromatic carbocycles. The average molecular weight is 491 g/mol. The van der Waals surface area contributed by atoms with E-state index in [0.717, 1.165) is 52.3 Å². The molecule has 5 rings (SSSR count). The predicted octanol–water partition coefficient (Wildman–Crippen LogP) is 4.55. The summed E-state index contributed by atoms with van der Waals surface area (Å²) in [5.74, 6) is 7.02. The van der Waals surface area contributed by atoms with Gasteiger partial charge in [0.25, 0.3) is 0 Å². The van der Waals surface area contributed by atoms with Gasteiger partial charge in [-0.1, -0.05) is 24.0 Å². The quantitative estimate of drug-likeness (QED) is 0.295. The number of nitrogens with zero attached hydrogens (tertiary/aromatic N) is 3. The van der Waals surface area contributed by atoms with Crippen LogP contribution in [0.25, 0.3) is 10.4 Å². The Morgan fingerprint density at radius 2 is 2.00 bits per heavy atom. The van der Waals surface area contributed by atoms with E-state index in [1.54, 1.807) is 17.5 Å². The van der Waals surface area contributed by atoms with Crippen LogP contribution in [-0.4, -0.2) is 31.6 Å². The van der Waals surface area contributed by atoms with Gasteiger partial charge in [0.1, 0.15) is 12.2 Å². The van der Waals surface area contributed by atoms with Crippen molar-refractivity contribution < 1.29 is 14.8 Å². The Kier molecular flexibility index (Phi) is 6.41. The third-order valence-electron chi connectivity index (χ3n) is 6.52. The summed E-state index contributed by atoms with van der Waals surface area (Å²) in [7, 11) is 0. The van der Waals surface area contributed by atoms with Gasteiger partial charge in [0, 0.05) is 47.2 Å². The number of anilines is 1. The molecule has 2 aliphatic rings. The van der Waals surface area contributed by atoms with Crippen molar-refractivity contribution in [3.63, 3.8) is 0 Å². The molecular formula is C26H26N4O4S. The molecule has 180 valence electrons. The monoisotopic (exact) mass is 490 g/mol. The van der Waals surface area contributed by atoms with E-state index in [4.69, 9.17) is 10.5 Å². The first-order valence-electron chi connectivity index (χ1n) is 11.7. The maximum absolute atomic E-state index is 11.0. The predicted molar refractivity (Wildman–Crippen MR) is 134 cm³/mol. The molecule has 0 atom stereocenters. The molecule has 2 aromatic heterocycles. The first-order chi connectivity index (χ1) is 16.9. The highest BCUT2D eigenvalue weighted by Gasteiger charge is 2.38. The number of hydrogen-bond donors (Lipinski definition) is 2. The van der Waals surface area contributed by atoms with E-state index in [-0.39, 0.29) is 10.8 Å². The molecule has 0 amide bonds. The van der Waals surface area contributed by atoms with Crippen molar-refractivity contribution in [3.05, 3.63) is 69.0 Å². The van der Waals surface area contributed by atoms with Crippen LogP contribution in [0.2, 0.25) is 0 Å². The van der Waals surface area contributed by atoms with Gasteiger partial charge in [0.15, 0.2) is 11.6 Å². The minimum atomic E-state index is -0.808. The van der Waals surface area contributed by atoms with Crippen LogP contribution >= 0.6 is 11.3 Å². The van der Waals surface area contributed by atoms with Crippen LogP contribution in [-0.2, 0) is 6.61 Å². The van der Waals surface area contributed by atoms with Crippen molar-refractivity contribution >= 4 is 17.2 Å². The Labute approximate surface area is 207 Å². The fraction of sp³-hybridized carbons (Fsp3) is 0.385. The summed E-state index contributed by atoms with van der Waals surface area (Å²) in [5, 5.41) is 22.0. The lowest BCUT2D eigenvalue weighted by Crippen LogP contribution is -2.25. The van der Waals surface area contributed by atoms with E-state index in [9.17, 15) is 15.2 Å². The smallest absolute Gasteiger partial charge is 0.213 e. The molecule has 2 aliphatic carbocycles. The minimum Gasteiger partial charge on any atom is -0.485 e. The lowest BCUT2D eigenvalue weighted by atomic mass is 9.87. The molecular weight excluding hydrogens is 464 g/mol. The highest BCUT2D eigenvalue weighted by molar-refractivity contribution is 7.15. The van der Waals surface area contributed by atoms with Crippen LogP contribution in [0.4, 0.5) is 5.82 Å². The van der Waals surface area contributed by atoms with Crippen molar-refractivity contribution in [2.45, 2.75) is 62.7 Å². The van der Waals surface area contributed by atoms with Gasteiger partial charge in [-0.05, 0) is 49.4 Å². The van der Waals surface area contributed by atoms with Crippen LogP contribution < -0.4 is 10.5 Å². The number of nitrogens with two attached hydrogens (primary N) is 1. The summed E-state index contributed by atoms with van der Waals surface area (Å²) >= 11 is 1.59. The van der Waals surface area contributed by atoms with Gasteiger partial charge >= 0.3 is 0 Å². The number of aromatic nitrogens is 2. The molecule has 2 heterocycles. The summed E-state index contributed by atoms with van der Waals surface area (Å²) in [6.07, 6.45) is 7.77. The number of ether oxygens (including phenoxy) is 1. The largest absolute Gasteiger partial charge is 0.485 e. The van der Waals surface area contributed by atoms with Crippen LogP contribution in [0.5, 0.6) is 5.75 Å². The molecule has 0 unspecified atom stereocenters. The molecule has 0 radical (unpaired) electrons. The zero-order valence-electron chi connectivity index (χ0n) is 19.1. The summed E-state index contributed by atoms with van der Waals surface area (Å²) < 4.78 is 5.99. The molecule has 35 heavy (non-hydrogen) atoms. The number of rotatable bonds is 6. The Balaban J connectivity index is 1.25. The molecule has 9 heteroatoms. The number of benzene rings is 1. The Morgan fingerprint density at radius 3 is 2.74 bits per heavy atom. The zero-order chi connectivity index (χ0) is 24.4. The summed E-state index contributed by atoms with van der Waals surface area (Å²) in [5.41, 5.74) is 7.90. The highest BCUT2D eigenvalue weighted by atomic mass is 32.1. The standard InChI is InChI=1S/C26H26N4O4S/c27-24-22(34-16-18-3-1-2-17(12-18)8-9-26(31)10-11-26)13-20(14-28-24)23-15-29-25(35-23)19-4-6-21(7-5-19)30(32)33/h1-3,12-15,19,21,31H,4-7,10-11,16H2,(H2,27,28). The second kappa shape index (κ2) is 9.64. The molecule has 0 bridgehead atoms. The van der Waals surface area contributed by atoms with Crippen molar-refractivity contribution in [3.8, 4) is 28.0 Å². The SMILES string of the molecule is Nc1ncc(-c2cnc(C3CCC([N+](=O)[O-])CC3)s2)cc1OCc1cccc(C#CC2(O)CC2)c1. The Bertz CT molecular complexity index is 1300. The van der Waals surface area contributed by atoms with Gasteiger partial charge in [0.05, 0.1) is 9.88 Å². The summed E-state index contributed by atoms with van der Waals surface area (Å²) in [6, 6.07) is 9.15. The van der Waals surface area contributed by atoms with Crippen LogP contribution in [0, 0.1) is 22.0 Å². The molecule has 3 aromatic rings. The van der Waals surface area contributed by atoms with Crippen molar-refractivity contribution in [2.75, 3.05) is 5.73 Å². The number of thiazole rings is 1. The van der Waals surface area contributed by atoms with E-state index in [0.29, 0.717) is 31.0 Å². The second-order valence-electron chi connectivity index (χ2n) is 9.23. The van der Waals surface area contributed by atoms with Gasteiger partial charge in [-0.25, -0.2) is 9.97 Å². The molecule has 2 fully saturated rings. The number of aliphatic hydroxyl groups is 1. The topological polar surface area (TPSA) is 124 Å². The van der Waals surface area contributed by atoms with E-state index in [1.165, 1.54) is 0 Å². The number of pyridine rings is 1. The fourth-order valence-corrected chi connectivity index (χ4v) is 5.25. The minimum absolute atomic E-state index is 0.160. The van der Waals surface area contributed by atoms with Gasteiger partial charge in [-0.3, -0.25) is 10.1 Å². The highest BCUT2D eigenvalue weighted by Crippen LogP contribution is 2.39. The van der Waals surface area contributed by atoms with Crippen LogP contribution in [0.3, 0.4) is 0 Å². The molecule has 8 nitrogen and oxygen atoms in total. The summed E-state index contributed by atoms with van der Waals surface area (Å²) in [6.45, 7) is 0.308. The molecule has 3 N–H and O–H groups in total. The van der Waals surface area contributed by atoms with Gasteiger partial charge in [-0.2, -0.15) is 0 Å². The molecule has 0 saturated heterocycles. The van der Waals surface area contributed by atoms with Crippen molar-refractivity contribution in [2.24, 2.45) is 0 Å². The van der Waals surface area contributed by atoms with Crippen LogP contribution in [0.15, 0.2) is 42.7 Å². The number of nitrogen functional groups attached to an aromatic ring is 1. The molecule has 2 saturated carbocycles. The lowest BCUT2D eigenvalue weighted by Gasteiger charge is -2.22. The normalized spacial score (nSPS) is 20.5. The number of nitro groups is 1. The third-order valence-corrected chi connectivity index (χ3v) is 7.73. The second-order valence-corrected chi connectivity index (χ2v) is 10.3. The lowest BCUT2D eigenvalue weighted by molar-refractivity contribution is -0.526. The first-order valence-corrected chi connectivity index (χ1v) is 12.5. The van der Waals surface area contributed by atoms with E-state index in [2.05, 4.69) is 21.8 Å². The Hall–Kier alpha value is -3.48. The van der Waals surface area contributed by atoms with Crippen molar-refractivity contribution in [1.82, 2.24) is 9.97 Å². The summed E-state index contributed by atoms with van der Waals surface area (Å²) in [4.78, 5) is 20.7. The fourth-order valence-electron chi connectivity index (χ4n) is 4.18. The van der Waals surface area contributed by atoms with Crippen molar-refractivity contribution in [1.29, 1.82) is 0 Å². The maximum Gasteiger partial charge on any atom is 0.213 e. The zero-order valence-corrected chi connectivity index (χ0v) is 20.0. The average Bonchev–Trinajstić information content (AvgIpc) is 3.40. The van der Waals surface area contributed by atoms with E-state index >= 15 is 0 Å². The number of hydrogen-bond acceptors (Lipinski definition) is 8. The molecule has 0 spiro atoms. The Morgan fingerprint density at radius 1 is 1.20 bits per heavy atom. The van der Waals surface area contributed by atoms with E-state index in [1.807, 2.05) is 36.5 Å². The van der Waals surface area contributed by atoms with Gasteiger partial charge in [0.2, 0.25) is 6.04 Å². The molecule has 0 aliphatic heterocycles. The maximum atomic E-state index is 11.0.